The second kappa shape index (κ2) is 6.79. The molecule has 1 spiro atoms. The van der Waals surface area contributed by atoms with Crippen molar-refractivity contribution >= 4 is 11.3 Å². The van der Waals surface area contributed by atoms with Crippen molar-refractivity contribution in [3.05, 3.63) is 16.1 Å². The zero-order chi connectivity index (χ0) is 15.7. The Kier molecular flexibility index (Phi) is 4.72. The highest BCUT2D eigenvalue weighted by atomic mass is 32.1. The fourth-order valence-electron chi connectivity index (χ4n) is 3.87. The number of ether oxygens (including phenoxy) is 2. The molecule has 128 valence electrons. The van der Waals surface area contributed by atoms with Crippen LogP contribution in [0.25, 0.3) is 0 Å². The van der Waals surface area contributed by atoms with Crippen LogP contribution in [0.15, 0.2) is 5.51 Å². The van der Waals surface area contributed by atoms with Crippen LogP contribution in [0.5, 0.6) is 0 Å². The van der Waals surface area contributed by atoms with Gasteiger partial charge in [0, 0.05) is 18.0 Å². The van der Waals surface area contributed by atoms with Crippen molar-refractivity contribution in [1.82, 2.24) is 9.88 Å². The van der Waals surface area contributed by atoms with Gasteiger partial charge >= 0.3 is 0 Å². The van der Waals surface area contributed by atoms with E-state index >= 15 is 0 Å². The zero-order valence-corrected chi connectivity index (χ0v) is 14.9. The highest BCUT2D eigenvalue weighted by Gasteiger charge is 2.42. The number of rotatable bonds is 6. The van der Waals surface area contributed by atoms with Crippen LogP contribution in [0, 0.1) is 18.3 Å². The van der Waals surface area contributed by atoms with Gasteiger partial charge in [-0.05, 0) is 63.5 Å². The van der Waals surface area contributed by atoms with Crippen LogP contribution >= 0.6 is 11.3 Å². The van der Waals surface area contributed by atoms with E-state index in [-0.39, 0.29) is 0 Å². The third kappa shape index (κ3) is 3.95. The molecule has 0 unspecified atom stereocenters. The van der Waals surface area contributed by atoms with Crippen LogP contribution in [-0.4, -0.2) is 48.9 Å². The van der Waals surface area contributed by atoms with Gasteiger partial charge in [0.25, 0.3) is 0 Å². The molecule has 1 aliphatic carbocycles. The number of hydrogen-bond donors (Lipinski definition) is 0. The van der Waals surface area contributed by atoms with E-state index in [9.17, 15) is 0 Å². The molecule has 3 aliphatic rings. The Hall–Kier alpha value is -0.490. The Balaban J connectivity index is 1.22. The normalized spacial score (nSPS) is 27.8. The first kappa shape index (κ1) is 16.0. The van der Waals surface area contributed by atoms with Crippen molar-refractivity contribution in [2.24, 2.45) is 11.3 Å². The molecule has 3 heterocycles. The summed E-state index contributed by atoms with van der Waals surface area (Å²) in [6.45, 7) is 8.27. The Bertz CT molecular complexity index is 521. The molecule has 0 amide bonds. The van der Waals surface area contributed by atoms with Crippen LogP contribution in [0.4, 0.5) is 0 Å². The highest BCUT2D eigenvalue weighted by molar-refractivity contribution is 7.09. The molecule has 0 aromatic carbocycles. The molecule has 0 N–H and O–H groups in total. The first-order chi connectivity index (χ1) is 11.2. The highest BCUT2D eigenvalue weighted by Crippen LogP contribution is 2.42. The molecule has 2 saturated heterocycles. The lowest BCUT2D eigenvalue weighted by atomic mass is 9.76. The predicted octanol–water partition coefficient (Wildman–Crippen LogP) is 3.25. The molecular formula is C18H28N2O2S. The van der Waals surface area contributed by atoms with Crippen LogP contribution < -0.4 is 0 Å². The summed E-state index contributed by atoms with van der Waals surface area (Å²) in [7, 11) is 0. The van der Waals surface area contributed by atoms with Crippen molar-refractivity contribution in [3.63, 3.8) is 0 Å². The number of likely N-dealkylation sites (tertiary alicyclic amines) is 1. The standard InChI is InChI=1S/C18H28N2O2S/c1-14-17(23-13-19-14)9-20-6-4-18(5-7-20)8-16(22-12-18)11-21-10-15-2-3-15/h13,15-16H,2-12H2,1H3/t16-/m0/s1. The van der Waals surface area contributed by atoms with Crippen LogP contribution in [0.2, 0.25) is 0 Å². The molecule has 4 nitrogen and oxygen atoms in total. The molecule has 3 fully saturated rings. The Morgan fingerprint density at radius 2 is 2.17 bits per heavy atom. The summed E-state index contributed by atoms with van der Waals surface area (Å²) in [5.41, 5.74) is 3.59. The lowest BCUT2D eigenvalue weighted by Gasteiger charge is -2.38. The van der Waals surface area contributed by atoms with E-state index < -0.39 is 0 Å². The van der Waals surface area contributed by atoms with Crippen molar-refractivity contribution in [1.29, 1.82) is 0 Å². The minimum Gasteiger partial charge on any atom is -0.378 e. The van der Waals surface area contributed by atoms with Gasteiger partial charge in [-0.15, -0.1) is 11.3 Å². The van der Waals surface area contributed by atoms with Gasteiger partial charge in [0.2, 0.25) is 0 Å². The Morgan fingerprint density at radius 1 is 1.35 bits per heavy atom. The molecule has 1 saturated carbocycles. The van der Waals surface area contributed by atoms with Gasteiger partial charge in [-0.3, -0.25) is 4.90 Å². The summed E-state index contributed by atoms with van der Waals surface area (Å²) in [5.74, 6) is 0.851. The average molecular weight is 337 g/mol. The van der Waals surface area contributed by atoms with Gasteiger partial charge in [0.1, 0.15) is 0 Å². The Labute approximate surface area is 143 Å². The van der Waals surface area contributed by atoms with Crippen molar-refractivity contribution in [2.75, 3.05) is 32.9 Å². The maximum absolute atomic E-state index is 6.06. The zero-order valence-electron chi connectivity index (χ0n) is 14.1. The number of nitrogens with zero attached hydrogens (tertiary/aromatic N) is 2. The number of thiazole rings is 1. The van der Waals surface area contributed by atoms with E-state index in [1.165, 1.54) is 55.8 Å². The van der Waals surface area contributed by atoms with Gasteiger partial charge in [-0.2, -0.15) is 0 Å². The SMILES string of the molecule is Cc1ncsc1CN1CCC2(CC1)CO[C@H](COCC1CC1)C2. The van der Waals surface area contributed by atoms with E-state index in [0.717, 1.165) is 32.3 Å². The third-order valence-corrected chi connectivity index (χ3v) is 6.69. The largest absolute Gasteiger partial charge is 0.378 e. The van der Waals surface area contributed by atoms with E-state index in [1.54, 1.807) is 11.3 Å². The maximum atomic E-state index is 6.06. The fraction of sp³-hybridized carbons (Fsp3) is 0.833. The fourth-order valence-corrected chi connectivity index (χ4v) is 4.69. The average Bonchev–Trinajstić information content (AvgIpc) is 3.17. The summed E-state index contributed by atoms with van der Waals surface area (Å²) in [5, 5.41) is 0. The van der Waals surface area contributed by atoms with Gasteiger partial charge in [0.15, 0.2) is 0 Å². The molecular weight excluding hydrogens is 308 g/mol. The monoisotopic (exact) mass is 336 g/mol. The lowest BCUT2D eigenvalue weighted by molar-refractivity contribution is 0.00919. The molecule has 0 bridgehead atoms. The third-order valence-electron chi connectivity index (χ3n) is 5.77. The van der Waals surface area contributed by atoms with Gasteiger partial charge < -0.3 is 9.47 Å². The number of piperidine rings is 1. The molecule has 23 heavy (non-hydrogen) atoms. The molecule has 1 aromatic heterocycles. The summed E-state index contributed by atoms with van der Waals surface area (Å²) in [6, 6.07) is 0. The first-order valence-corrected chi connectivity index (χ1v) is 9.91. The second-order valence-corrected chi connectivity index (χ2v) is 8.69. The van der Waals surface area contributed by atoms with E-state index in [0.29, 0.717) is 11.5 Å². The number of hydrogen-bond acceptors (Lipinski definition) is 5. The smallest absolute Gasteiger partial charge is 0.0814 e. The number of aryl methyl sites for hydroxylation is 1. The van der Waals surface area contributed by atoms with Crippen molar-refractivity contribution in [2.45, 2.75) is 51.7 Å². The van der Waals surface area contributed by atoms with E-state index in [4.69, 9.17) is 9.47 Å². The maximum Gasteiger partial charge on any atom is 0.0814 e. The quantitative estimate of drug-likeness (QED) is 0.799. The summed E-state index contributed by atoms with van der Waals surface area (Å²) in [4.78, 5) is 8.38. The molecule has 1 atom stereocenters. The van der Waals surface area contributed by atoms with Crippen molar-refractivity contribution < 1.29 is 9.47 Å². The molecule has 2 aliphatic heterocycles. The van der Waals surface area contributed by atoms with Crippen LogP contribution in [-0.2, 0) is 16.0 Å². The van der Waals surface area contributed by atoms with Gasteiger partial charge in [0.05, 0.1) is 30.5 Å². The minimum atomic E-state index is 0.337. The van der Waals surface area contributed by atoms with Crippen LogP contribution in [0.3, 0.4) is 0 Å². The number of aromatic nitrogens is 1. The predicted molar refractivity (Wildman–Crippen MR) is 91.7 cm³/mol. The van der Waals surface area contributed by atoms with Crippen LogP contribution in [0.1, 0.15) is 42.7 Å². The van der Waals surface area contributed by atoms with Crippen molar-refractivity contribution in [3.8, 4) is 0 Å². The topological polar surface area (TPSA) is 34.6 Å². The summed E-state index contributed by atoms with van der Waals surface area (Å²) in [6.07, 6.45) is 6.80. The van der Waals surface area contributed by atoms with E-state index in [1.807, 2.05) is 5.51 Å². The molecule has 4 rings (SSSR count). The minimum absolute atomic E-state index is 0.337. The molecule has 5 heteroatoms. The molecule has 0 radical (unpaired) electrons. The second-order valence-electron chi connectivity index (χ2n) is 7.76. The first-order valence-electron chi connectivity index (χ1n) is 9.03. The van der Waals surface area contributed by atoms with Gasteiger partial charge in [-0.25, -0.2) is 4.98 Å². The van der Waals surface area contributed by atoms with E-state index in [2.05, 4.69) is 16.8 Å². The van der Waals surface area contributed by atoms with Gasteiger partial charge in [-0.1, -0.05) is 0 Å². The Morgan fingerprint density at radius 3 is 2.87 bits per heavy atom. The summed E-state index contributed by atoms with van der Waals surface area (Å²) < 4.78 is 11.9. The lowest BCUT2D eigenvalue weighted by Crippen LogP contribution is -2.40. The molecule has 1 aromatic rings. The summed E-state index contributed by atoms with van der Waals surface area (Å²) >= 11 is 1.79.